The lowest BCUT2D eigenvalue weighted by Gasteiger charge is -2.17. The van der Waals surface area contributed by atoms with Gasteiger partial charge in [0.25, 0.3) is 0 Å². The van der Waals surface area contributed by atoms with Gasteiger partial charge in [0.1, 0.15) is 5.75 Å². The molecule has 2 saturated heterocycles. The first-order valence-electron chi connectivity index (χ1n) is 7.39. The summed E-state index contributed by atoms with van der Waals surface area (Å²) < 4.78 is 5.68. The summed E-state index contributed by atoms with van der Waals surface area (Å²) in [6.07, 6.45) is 0.247. The largest absolute Gasteiger partial charge is 0.491 e. The Morgan fingerprint density at radius 1 is 1.16 bits per heavy atom. The van der Waals surface area contributed by atoms with E-state index in [9.17, 15) is 0 Å². The molecule has 104 valence electrons. The molecule has 2 fully saturated rings. The van der Waals surface area contributed by atoms with Crippen LogP contribution >= 0.6 is 0 Å². The molecular weight excluding hydrogens is 236 g/mol. The summed E-state index contributed by atoms with van der Waals surface area (Å²) >= 11 is 0. The van der Waals surface area contributed by atoms with Crippen molar-refractivity contribution in [3.05, 3.63) is 29.8 Å². The Bertz CT molecular complexity index is 403. The molecule has 3 nitrogen and oxygen atoms in total. The first kappa shape index (κ1) is 12.9. The molecule has 0 aromatic heterocycles. The smallest absolute Gasteiger partial charge is 0.119 e. The molecule has 0 radical (unpaired) electrons. The van der Waals surface area contributed by atoms with Crippen LogP contribution in [0.3, 0.4) is 0 Å². The molecular formula is C16H24N2O. The van der Waals surface area contributed by atoms with Crippen LogP contribution in [0.2, 0.25) is 0 Å². The van der Waals surface area contributed by atoms with Crippen LogP contribution in [-0.2, 0) is 6.54 Å². The molecule has 3 rings (SSSR count). The van der Waals surface area contributed by atoms with Crippen molar-refractivity contribution in [1.29, 1.82) is 0 Å². The normalized spacial score (nSPS) is 26.9. The van der Waals surface area contributed by atoms with Crippen LogP contribution < -0.4 is 10.1 Å². The van der Waals surface area contributed by atoms with E-state index in [4.69, 9.17) is 4.74 Å². The number of fused-ring (bicyclic) bond motifs is 1. The number of ether oxygens (including phenoxy) is 1. The van der Waals surface area contributed by atoms with Gasteiger partial charge in [0.15, 0.2) is 0 Å². The van der Waals surface area contributed by atoms with E-state index in [1.54, 1.807) is 0 Å². The maximum atomic E-state index is 5.68. The van der Waals surface area contributed by atoms with Crippen LogP contribution in [-0.4, -0.2) is 37.2 Å². The Labute approximate surface area is 115 Å². The second-order valence-electron chi connectivity index (χ2n) is 6.18. The zero-order valence-corrected chi connectivity index (χ0v) is 11.9. The number of nitrogens with one attached hydrogen (secondary N) is 1. The van der Waals surface area contributed by atoms with Crippen LogP contribution in [0.25, 0.3) is 0 Å². The van der Waals surface area contributed by atoms with E-state index in [2.05, 4.69) is 48.3 Å². The molecule has 2 heterocycles. The molecule has 0 amide bonds. The molecule has 2 atom stereocenters. The van der Waals surface area contributed by atoms with E-state index in [-0.39, 0.29) is 6.10 Å². The van der Waals surface area contributed by atoms with Crippen LogP contribution in [0, 0.1) is 11.8 Å². The van der Waals surface area contributed by atoms with Gasteiger partial charge in [-0.3, -0.25) is 4.90 Å². The molecule has 0 aliphatic carbocycles. The van der Waals surface area contributed by atoms with Crippen molar-refractivity contribution < 1.29 is 4.74 Å². The quantitative estimate of drug-likeness (QED) is 0.897. The zero-order valence-electron chi connectivity index (χ0n) is 11.9. The highest BCUT2D eigenvalue weighted by atomic mass is 16.5. The fourth-order valence-corrected chi connectivity index (χ4v) is 3.29. The Balaban J connectivity index is 1.55. The van der Waals surface area contributed by atoms with Crippen molar-refractivity contribution in [2.45, 2.75) is 26.5 Å². The van der Waals surface area contributed by atoms with Crippen molar-refractivity contribution in [3.8, 4) is 5.75 Å². The molecule has 3 heteroatoms. The van der Waals surface area contributed by atoms with Gasteiger partial charge in [0.05, 0.1) is 6.10 Å². The molecule has 0 spiro atoms. The highest BCUT2D eigenvalue weighted by Gasteiger charge is 2.35. The Kier molecular flexibility index (Phi) is 3.76. The third-order valence-electron chi connectivity index (χ3n) is 4.17. The summed E-state index contributed by atoms with van der Waals surface area (Å²) in [5, 5.41) is 3.49. The van der Waals surface area contributed by atoms with Gasteiger partial charge in [-0.25, -0.2) is 0 Å². The first-order chi connectivity index (χ1) is 9.20. The fraction of sp³-hybridized carbons (Fsp3) is 0.625. The standard InChI is InChI=1S/C16H24N2O/c1-12(2)19-16-5-3-13(4-6-16)9-18-10-14-7-17-8-15(14)11-18/h3-6,12,14-15,17H,7-11H2,1-2H3/t14-,15+. The van der Waals surface area contributed by atoms with Crippen LogP contribution in [0.4, 0.5) is 0 Å². The second kappa shape index (κ2) is 5.51. The van der Waals surface area contributed by atoms with Gasteiger partial charge >= 0.3 is 0 Å². The van der Waals surface area contributed by atoms with Gasteiger partial charge in [0, 0.05) is 19.6 Å². The van der Waals surface area contributed by atoms with Crippen molar-refractivity contribution >= 4 is 0 Å². The molecule has 0 unspecified atom stereocenters. The first-order valence-corrected chi connectivity index (χ1v) is 7.39. The highest BCUT2D eigenvalue weighted by molar-refractivity contribution is 5.27. The van der Waals surface area contributed by atoms with E-state index in [0.717, 1.165) is 24.1 Å². The van der Waals surface area contributed by atoms with Crippen LogP contribution in [0.5, 0.6) is 5.75 Å². The summed E-state index contributed by atoms with van der Waals surface area (Å²) in [6.45, 7) is 10.1. The minimum absolute atomic E-state index is 0.247. The number of rotatable bonds is 4. The van der Waals surface area contributed by atoms with Crippen LogP contribution in [0.15, 0.2) is 24.3 Å². The summed E-state index contributed by atoms with van der Waals surface area (Å²) in [4.78, 5) is 2.59. The molecule has 1 N–H and O–H groups in total. The molecule has 0 saturated carbocycles. The Morgan fingerprint density at radius 2 is 1.79 bits per heavy atom. The zero-order chi connectivity index (χ0) is 13.2. The SMILES string of the molecule is CC(C)Oc1ccc(CN2C[C@H]3CNC[C@H]3C2)cc1. The van der Waals surface area contributed by atoms with E-state index in [1.165, 1.54) is 31.7 Å². The lowest BCUT2D eigenvalue weighted by molar-refractivity contribution is 0.242. The number of hydrogen-bond acceptors (Lipinski definition) is 3. The summed E-state index contributed by atoms with van der Waals surface area (Å²) in [6, 6.07) is 8.58. The maximum Gasteiger partial charge on any atom is 0.119 e. The molecule has 2 aliphatic rings. The predicted octanol–water partition coefficient (Wildman–Crippen LogP) is 2.12. The predicted molar refractivity (Wildman–Crippen MR) is 77.3 cm³/mol. The lowest BCUT2D eigenvalue weighted by Crippen LogP contribution is -2.25. The van der Waals surface area contributed by atoms with Gasteiger partial charge in [-0.2, -0.15) is 0 Å². The molecule has 1 aromatic rings. The topological polar surface area (TPSA) is 24.5 Å². The minimum Gasteiger partial charge on any atom is -0.491 e. The third-order valence-corrected chi connectivity index (χ3v) is 4.17. The highest BCUT2D eigenvalue weighted by Crippen LogP contribution is 2.27. The van der Waals surface area contributed by atoms with Crippen molar-refractivity contribution in [2.75, 3.05) is 26.2 Å². The number of benzene rings is 1. The third kappa shape index (κ3) is 3.10. The van der Waals surface area contributed by atoms with Gasteiger partial charge in [-0.15, -0.1) is 0 Å². The van der Waals surface area contributed by atoms with E-state index in [0.29, 0.717) is 0 Å². The van der Waals surface area contributed by atoms with Gasteiger partial charge in [0.2, 0.25) is 0 Å². The average molecular weight is 260 g/mol. The summed E-state index contributed by atoms with van der Waals surface area (Å²) in [7, 11) is 0. The monoisotopic (exact) mass is 260 g/mol. The molecule has 2 aliphatic heterocycles. The van der Waals surface area contributed by atoms with Crippen molar-refractivity contribution in [1.82, 2.24) is 10.2 Å². The fourth-order valence-electron chi connectivity index (χ4n) is 3.29. The van der Waals surface area contributed by atoms with Gasteiger partial charge in [-0.05, 0) is 56.5 Å². The van der Waals surface area contributed by atoms with E-state index >= 15 is 0 Å². The molecule has 0 bridgehead atoms. The maximum absolute atomic E-state index is 5.68. The number of likely N-dealkylation sites (tertiary alicyclic amines) is 1. The van der Waals surface area contributed by atoms with Gasteiger partial charge < -0.3 is 10.1 Å². The number of hydrogen-bond donors (Lipinski definition) is 1. The average Bonchev–Trinajstić information content (AvgIpc) is 2.91. The summed E-state index contributed by atoms with van der Waals surface area (Å²) in [5.41, 5.74) is 1.39. The minimum atomic E-state index is 0.247. The number of nitrogens with zero attached hydrogens (tertiary/aromatic N) is 1. The molecule has 19 heavy (non-hydrogen) atoms. The van der Waals surface area contributed by atoms with Crippen molar-refractivity contribution in [2.24, 2.45) is 11.8 Å². The van der Waals surface area contributed by atoms with Crippen molar-refractivity contribution in [3.63, 3.8) is 0 Å². The van der Waals surface area contributed by atoms with Crippen LogP contribution in [0.1, 0.15) is 19.4 Å². The lowest BCUT2D eigenvalue weighted by atomic mass is 10.0. The summed E-state index contributed by atoms with van der Waals surface area (Å²) in [5.74, 6) is 2.73. The van der Waals surface area contributed by atoms with E-state index in [1.807, 2.05) is 0 Å². The molecule has 1 aromatic carbocycles. The Hall–Kier alpha value is -1.06. The van der Waals surface area contributed by atoms with Gasteiger partial charge in [-0.1, -0.05) is 12.1 Å². The second-order valence-corrected chi connectivity index (χ2v) is 6.18. The van der Waals surface area contributed by atoms with E-state index < -0.39 is 0 Å². The Morgan fingerprint density at radius 3 is 2.37 bits per heavy atom.